The normalized spacial score (nSPS) is 19.3. The van der Waals surface area contributed by atoms with Crippen molar-refractivity contribution in [1.29, 1.82) is 0 Å². The Kier molecular flexibility index (Phi) is 12.2. The van der Waals surface area contributed by atoms with Gasteiger partial charge in [0.2, 0.25) is 0 Å². The zero-order valence-electron chi connectivity index (χ0n) is 15.6. The molecule has 146 valence electrons. The number of hydrogen-bond acceptors (Lipinski definition) is 4. The molecule has 0 aromatic carbocycles. The molecule has 0 aromatic rings. The maximum Gasteiger partial charge on any atom is 0.306 e. The van der Waals surface area contributed by atoms with Gasteiger partial charge in [0.15, 0.2) is 5.96 Å². The summed E-state index contributed by atoms with van der Waals surface area (Å²) in [6, 6.07) is 0. The molecule has 0 aromatic heterocycles. The highest BCUT2D eigenvalue weighted by atomic mass is 127. The first-order valence-corrected chi connectivity index (χ1v) is 9.64. The van der Waals surface area contributed by atoms with Crippen molar-refractivity contribution in [1.82, 2.24) is 15.5 Å². The molecule has 1 saturated carbocycles. The van der Waals surface area contributed by atoms with Crippen molar-refractivity contribution < 1.29 is 9.53 Å². The highest BCUT2D eigenvalue weighted by Gasteiger charge is 2.18. The van der Waals surface area contributed by atoms with E-state index in [1.807, 2.05) is 0 Å². The Morgan fingerprint density at radius 1 is 1.08 bits per heavy atom. The summed E-state index contributed by atoms with van der Waals surface area (Å²) in [4.78, 5) is 18.5. The zero-order chi connectivity index (χ0) is 17.0. The number of hydrogen-bond donors (Lipinski definition) is 2. The van der Waals surface area contributed by atoms with Crippen molar-refractivity contribution in [3.05, 3.63) is 0 Å². The predicted molar refractivity (Wildman–Crippen MR) is 113 cm³/mol. The number of piperidine rings is 1. The van der Waals surface area contributed by atoms with Gasteiger partial charge in [0.25, 0.3) is 0 Å². The largest absolute Gasteiger partial charge is 0.462 e. The van der Waals surface area contributed by atoms with E-state index in [9.17, 15) is 4.79 Å². The van der Waals surface area contributed by atoms with Crippen LogP contribution in [0.15, 0.2) is 4.99 Å². The Hall–Kier alpha value is -0.570. The van der Waals surface area contributed by atoms with E-state index in [-0.39, 0.29) is 36.0 Å². The standard InChI is InChI=1S/C18H34N4O2.HI/c1-19-18(21-12-15-22-13-5-2-6-14-22)20-11-7-10-17(23)24-16-8-3-4-9-16;/h16H,2-15H2,1H3,(H2,19,20,21);1H. The summed E-state index contributed by atoms with van der Waals surface area (Å²) in [5, 5.41) is 6.61. The number of carbonyl (C=O) groups is 1. The van der Waals surface area contributed by atoms with Crippen LogP contribution in [-0.4, -0.2) is 62.7 Å². The molecule has 0 radical (unpaired) electrons. The first kappa shape index (κ1) is 22.5. The molecule has 1 aliphatic carbocycles. The number of aliphatic imine (C=N–C) groups is 1. The van der Waals surface area contributed by atoms with Crippen LogP contribution < -0.4 is 10.6 Å². The van der Waals surface area contributed by atoms with E-state index in [1.165, 1.54) is 45.2 Å². The molecule has 0 atom stereocenters. The number of nitrogens with one attached hydrogen (secondary N) is 2. The molecule has 1 heterocycles. The number of carbonyl (C=O) groups excluding carboxylic acids is 1. The van der Waals surface area contributed by atoms with E-state index >= 15 is 0 Å². The number of ether oxygens (including phenoxy) is 1. The second kappa shape index (κ2) is 13.6. The van der Waals surface area contributed by atoms with E-state index in [1.54, 1.807) is 7.05 Å². The smallest absolute Gasteiger partial charge is 0.306 e. The summed E-state index contributed by atoms with van der Waals surface area (Å²) >= 11 is 0. The molecule has 2 aliphatic rings. The predicted octanol–water partition coefficient (Wildman–Crippen LogP) is 2.52. The van der Waals surface area contributed by atoms with Gasteiger partial charge in [0, 0.05) is 33.1 Å². The minimum absolute atomic E-state index is 0. The van der Waals surface area contributed by atoms with Crippen LogP contribution in [-0.2, 0) is 9.53 Å². The number of rotatable bonds is 8. The molecule has 0 bridgehead atoms. The van der Waals surface area contributed by atoms with Gasteiger partial charge in [0.05, 0.1) is 0 Å². The average Bonchev–Trinajstić information content (AvgIpc) is 3.11. The van der Waals surface area contributed by atoms with E-state index in [0.29, 0.717) is 6.42 Å². The Bertz CT molecular complexity index is 395. The van der Waals surface area contributed by atoms with E-state index in [4.69, 9.17) is 4.74 Å². The lowest BCUT2D eigenvalue weighted by molar-refractivity contribution is -0.148. The topological polar surface area (TPSA) is 66.0 Å². The van der Waals surface area contributed by atoms with Gasteiger partial charge in [-0.15, -0.1) is 24.0 Å². The number of halogens is 1. The number of esters is 1. The van der Waals surface area contributed by atoms with Crippen molar-refractivity contribution in [3.63, 3.8) is 0 Å². The molecular weight excluding hydrogens is 431 g/mol. The number of likely N-dealkylation sites (tertiary alicyclic amines) is 1. The van der Waals surface area contributed by atoms with Crippen LogP contribution in [0.3, 0.4) is 0 Å². The van der Waals surface area contributed by atoms with Crippen LogP contribution in [0.25, 0.3) is 0 Å². The highest BCUT2D eigenvalue weighted by molar-refractivity contribution is 14.0. The summed E-state index contributed by atoms with van der Waals surface area (Å²) in [7, 11) is 1.78. The Labute approximate surface area is 169 Å². The summed E-state index contributed by atoms with van der Waals surface area (Å²) in [5.74, 6) is 0.757. The highest BCUT2D eigenvalue weighted by Crippen LogP contribution is 2.21. The van der Waals surface area contributed by atoms with Crippen LogP contribution >= 0.6 is 24.0 Å². The summed E-state index contributed by atoms with van der Waals surface area (Å²) < 4.78 is 5.46. The van der Waals surface area contributed by atoms with Crippen molar-refractivity contribution in [2.24, 2.45) is 4.99 Å². The fraction of sp³-hybridized carbons (Fsp3) is 0.889. The number of guanidine groups is 1. The third-order valence-electron chi connectivity index (χ3n) is 4.84. The van der Waals surface area contributed by atoms with Gasteiger partial charge in [-0.2, -0.15) is 0 Å². The van der Waals surface area contributed by atoms with Crippen molar-refractivity contribution in [3.8, 4) is 0 Å². The fourth-order valence-corrected chi connectivity index (χ4v) is 3.43. The Balaban J connectivity index is 0.00000312. The Morgan fingerprint density at radius 3 is 2.44 bits per heavy atom. The lowest BCUT2D eigenvalue weighted by Gasteiger charge is -2.26. The number of nitrogens with zero attached hydrogens (tertiary/aromatic N) is 2. The quantitative estimate of drug-likeness (QED) is 0.189. The van der Waals surface area contributed by atoms with Crippen molar-refractivity contribution in [2.75, 3.05) is 39.8 Å². The van der Waals surface area contributed by atoms with E-state index in [2.05, 4.69) is 20.5 Å². The van der Waals surface area contributed by atoms with Gasteiger partial charge >= 0.3 is 5.97 Å². The first-order valence-electron chi connectivity index (χ1n) is 9.64. The average molecular weight is 466 g/mol. The molecule has 25 heavy (non-hydrogen) atoms. The van der Waals surface area contributed by atoms with Crippen LogP contribution in [0.5, 0.6) is 0 Å². The second-order valence-corrected chi connectivity index (χ2v) is 6.83. The van der Waals surface area contributed by atoms with Crippen LogP contribution in [0, 0.1) is 0 Å². The maximum atomic E-state index is 11.8. The van der Waals surface area contributed by atoms with Gasteiger partial charge in [-0.05, 0) is 58.0 Å². The van der Waals surface area contributed by atoms with Crippen LogP contribution in [0.4, 0.5) is 0 Å². The Morgan fingerprint density at radius 2 is 1.76 bits per heavy atom. The minimum atomic E-state index is -0.0586. The monoisotopic (exact) mass is 466 g/mol. The molecular formula is C18H35IN4O2. The van der Waals surface area contributed by atoms with E-state index < -0.39 is 0 Å². The van der Waals surface area contributed by atoms with Crippen molar-refractivity contribution in [2.45, 2.75) is 63.9 Å². The maximum absolute atomic E-state index is 11.8. The van der Waals surface area contributed by atoms with E-state index in [0.717, 1.165) is 44.9 Å². The lowest BCUT2D eigenvalue weighted by atomic mass is 10.1. The molecule has 1 aliphatic heterocycles. The molecule has 2 rings (SSSR count). The molecule has 2 fully saturated rings. The fourth-order valence-electron chi connectivity index (χ4n) is 3.43. The summed E-state index contributed by atoms with van der Waals surface area (Å²) in [5.41, 5.74) is 0. The minimum Gasteiger partial charge on any atom is -0.462 e. The van der Waals surface area contributed by atoms with Crippen LogP contribution in [0.1, 0.15) is 57.8 Å². The first-order chi connectivity index (χ1) is 11.8. The van der Waals surface area contributed by atoms with Crippen molar-refractivity contribution >= 4 is 35.9 Å². The molecule has 2 N–H and O–H groups in total. The van der Waals surface area contributed by atoms with Gasteiger partial charge in [-0.25, -0.2) is 0 Å². The molecule has 0 unspecified atom stereocenters. The van der Waals surface area contributed by atoms with Gasteiger partial charge in [-0.1, -0.05) is 6.42 Å². The molecule has 1 saturated heterocycles. The third-order valence-corrected chi connectivity index (χ3v) is 4.84. The molecule has 7 heteroatoms. The molecule has 6 nitrogen and oxygen atoms in total. The lowest BCUT2D eigenvalue weighted by Crippen LogP contribution is -2.43. The zero-order valence-corrected chi connectivity index (χ0v) is 17.9. The summed E-state index contributed by atoms with van der Waals surface area (Å²) in [6.07, 6.45) is 9.92. The van der Waals surface area contributed by atoms with Gasteiger partial charge in [0.1, 0.15) is 6.10 Å². The second-order valence-electron chi connectivity index (χ2n) is 6.83. The SMILES string of the molecule is CN=C(NCCCC(=O)OC1CCCC1)NCCN1CCCCC1.I. The van der Waals surface area contributed by atoms with Gasteiger partial charge < -0.3 is 20.3 Å². The van der Waals surface area contributed by atoms with Gasteiger partial charge in [-0.3, -0.25) is 9.79 Å². The molecule has 0 spiro atoms. The molecule has 0 amide bonds. The third kappa shape index (κ3) is 9.63. The summed E-state index contributed by atoms with van der Waals surface area (Å²) in [6.45, 7) is 5.15. The van der Waals surface area contributed by atoms with Crippen LogP contribution in [0.2, 0.25) is 0 Å².